The average Bonchev–Trinajstić information content (AvgIpc) is 2.67. The van der Waals surface area contributed by atoms with Crippen molar-refractivity contribution in [1.29, 1.82) is 0 Å². The van der Waals surface area contributed by atoms with Crippen molar-refractivity contribution in [2.24, 2.45) is 0 Å². The number of hydrogen-bond acceptors (Lipinski definition) is 2. The highest BCUT2D eigenvalue weighted by Gasteiger charge is 2.43. The Kier molecular flexibility index (Phi) is 3.85. The van der Waals surface area contributed by atoms with Crippen LogP contribution in [-0.2, 0) is 11.2 Å². The largest absolute Gasteiger partial charge is 0.356 e. The van der Waals surface area contributed by atoms with Gasteiger partial charge in [0.2, 0.25) is 0 Å². The number of ether oxygens (including phenoxy) is 1. The van der Waals surface area contributed by atoms with Gasteiger partial charge in [-0.1, -0.05) is 44.2 Å². The van der Waals surface area contributed by atoms with Crippen LogP contribution in [0.4, 0.5) is 0 Å². The minimum atomic E-state index is 0.00918. The Balaban J connectivity index is 2.14. The van der Waals surface area contributed by atoms with Gasteiger partial charge in [0, 0.05) is 6.04 Å². The van der Waals surface area contributed by atoms with Crippen LogP contribution in [0.5, 0.6) is 0 Å². The van der Waals surface area contributed by atoms with Gasteiger partial charge in [-0.2, -0.15) is 0 Å². The summed E-state index contributed by atoms with van der Waals surface area (Å²) in [4.78, 5) is 0. The Labute approximate surface area is 104 Å². The summed E-state index contributed by atoms with van der Waals surface area (Å²) in [5.74, 6) is 0. The summed E-state index contributed by atoms with van der Waals surface area (Å²) in [7, 11) is 0. The van der Waals surface area contributed by atoms with Gasteiger partial charge in [0.15, 0.2) is 0 Å². The summed E-state index contributed by atoms with van der Waals surface area (Å²) in [6.07, 6.45) is 3.35. The minimum absolute atomic E-state index is 0.00918. The fraction of sp³-hybridized carbons (Fsp3) is 0.600. The molecule has 1 aliphatic rings. The standard InChI is InChI=1S/C15H23NO/c1-4-15(5-2)14(16-12(3)17-15)11-13-9-7-6-8-10-13/h6-10,12,14,16H,4-5,11H2,1-3H3/t12-,14-/m0/s1. The zero-order valence-electron chi connectivity index (χ0n) is 11.1. The van der Waals surface area contributed by atoms with Gasteiger partial charge in [-0.05, 0) is 31.7 Å². The van der Waals surface area contributed by atoms with E-state index in [1.807, 2.05) is 0 Å². The third-order valence-electron chi connectivity index (χ3n) is 3.96. The Bertz CT molecular complexity index is 345. The summed E-state index contributed by atoms with van der Waals surface area (Å²) in [5.41, 5.74) is 1.39. The quantitative estimate of drug-likeness (QED) is 0.862. The van der Waals surface area contributed by atoms with Crippen molar-refractivity contribution in [1.82, 2.24) is 5.32 Å². The molecule has 1 saturated heterocycles. The van der Waals surface area contributed by atoms with Crippen LogP contribution in [0.1, 0.15) is 39.2 Å². The van der Waals surface area contributed by atoms with Crippen LogP contribution >= 0.6 is 0 Å². The van der Waals surface area contributed by atoms with Crippen molar-refractivity contribution in [3.8, 4) is 0 Å². The number of benzene rings is 1. The smallest absolute Gasteiger partial charge is 0.106 e. The first kappa shape index (κ1) is 12.6. The molecule has 1 fully saturated rings. The van der Waals surface area contributed by atoms with Gasteiger partial charge in [0.1, 0.15) is 6.23 Å². The third kappa shape index (κ3) is 2.53. The van der Waals surface area contributed by atoms with Gasteiger partial charge in [0.05, 0.1) is 5.60 Å². The van der Waals surface area contributed by atoms with Crippen molar-refractivity contribution in [2.45, 2.75) is 57.9 Å². The molecule has 0 unspecified atom stereocenters. The molecule has 2 heteroatoms. The first-order chi connectivity index (χ1) is 8.20. The molecular weight excluding hydrogens is 210 g/mol. The Hall–Kier alpha value is -0.860. The van der Waals surface area contributed by atoms with E-state index in [1.54, 1.807) is 0 Å². The molecule has 0 saturated carbocycles. The molecule has 1 heterocycles. The summed E-state index contributed by atoms with van der Waals surface area (Å²) in [6.45, 7) is 6.55. The van der Waals surface area contributed by atoms with Crippen LogP contribution in [0.3, 0.4) is 0 Å². The maximum absolute atomic E-state index is 6.12. The summed E-state index contributed by atoms with van der Waals surface area (Å²) >= 11 is 0. The maximum Gasteiger partial charge on any atom is 0.106 e. The maximum atomic E-state index is 6.12. The molecule has 0 amide bonds. The topological polar surface area (TPSA) is 21.3 Å². The van der Waals surface area contributed by atoms with Crippen LogP contribution in [0.25, 0.3) is 0 Å². The SMILES string of the molecule is CCC1(CC)O[C@@H](C)N[C@H]1Cc1ccccc1. The van der Waals surface area contributed by atoms with Crippen molar-refractivity contribution in [3.63, 3.8) is 0 Å². The molecule has 0 radical (unpaired) electrons. The monoisotopic (exact) mass is 233 g/mol. The number of hydrogen-bond donors (Lipinski definition) is 1. The normalized spacial score (nSPS) is 27.2. The van der Waals surface area contributed by atoms with E-state index in [0.717, 1.165) is 19.3 Å². The lowest BCUT2D eigenvalue weighted by Gasteiger charge is -2.32. The highest BCUT2D eigenvalue weighted by Crippen LogP contribution is 2.33. The van der Waals surface area contributed by atoms with Crippen molar-refractivity contribution < 1.29 is 4.74 Å². The summed E-state index contributed by atoms with van der Waals surface area (Å²) < 4.78 is 6.12. The van der Waals surface area contributed by atoms with E-state index in [0.29, 0.717) is 6.04 Å². The number of rotatable bonds is 4. The van der Waals surface area contributed by atoms with Crippen LogP contribution in [0.2, 0.25) is 0 Å². The molecule has 2 nitrogen and oxygen atoms in total. The van der Waals surface area contributed by atoms with E-state index in [4.69, 9.17) is 4.74 Å². The number of nitrogens with one attached hydrogen (secondary N) is 1. The van der Waals surface area contributed by atoms with Crippen LogP contribution < -0.4 is 5.32 Å². The predicted molar refractivity (Wildman–Crippen MR) is 70.9 cm³/mol. The van der Waals surface area contributed by atoms with Gasteiger partial charge in [-0.15, -0.1) is 0 Å². The van der Waals surface area contributed by atoms with E-state index in [1.165, 1.54) is 5.56 Å². The molecule has 1 N–H and O–H groups in total. The highest BCUT2D eigenvalue weighted by atomic mass is 16.5. The molecule has 17 heavy (non-hydrogen) atoms. The molecule has 0 bridgehead atoms. The summed E-state index contributed by atoms with van der Waals surface area (Å²) in [5, 5.41) is 3.57. The molecule has 0 aliphatic carbocycles. The lowest BCUT2D eigenvalue weighted by atomic mass is 9.85. The van der Waals surface area contributed by atoms with E-state index in [-0.39, 0.29) is 11.8 Å². The van der Waals surface area contributed by atoms with Crippen LogP contribution in [0.15, 0.2) is 30.3 Å². The van der Waals surface area contributed by atoms with E-state index >= 15 is 0 Å². The van der Waals surface area contributed by atoms with Gasteiger partial charge in [-0.3, -0.25) is 5.32 Å². The third-order valence-corrected chi connectivity index (χ3v) is 3.96. The van der Waals surface area contributed by atoms with Gasteiger partial charge >= 0.3 is 0 Å². The van der Waals surface area contributed by atoms with Crippen molar-refractivity contribution in [2.75, 3.05) is 0 Å². The molecule has 2 atom stereocenters. The highest BCUT2D eigenvalue weighted by molar-refractivity contribution is 5.18. The lowest BCUT2D eigenvalue weighted by Crippen LogP contribution is -2.44. The fourth-order valence-corrected chi connectivity index (χ4v) is 2.91. The molecule has 1 aromatic carbocycles. The lowest BCUT2D eigenvalue weighted by molar-refractivity contribution is -0.0467. The average molecular weight is 233 g/mol. The molecule has 0 spiro atoms. The zero-order chi connectivity index (χ0) is 12.3. The van der Waals surface area contributed by atoms with Gasteiger partial charge in [-0.25, -0.2) is 0 Å². The van der Waals surface area contributed by atoms with Gasteiger partial charge in [0.25, 0.3) is 0 Å². The van der Waals surface area contributed by atoms with E-state index in [2.05, 4.69) is 56.4 Å². The molecule has 0 aromatic heterocycles. The van der Waals surface area contributed by atoms with Crippen LogP contribution in [0, 0.1) is 0 Å². The van der Waals surface area contributed by atoms with Gasteiger partial charge < -0.3 is 4.74 Å². The fourth-order valence-electron chi connectivity index (χ4n) is 2.91. The zero-order valence-corrected chi connectivity index (χ0v) is 11.1. The summed E-state index contributed by atoms with van der Waals surface area (Å²) in [6, 6.07) is 11.1. The predicted octanol–water partition coefficient (Wildman–Crippen LogP) is 3.12. The van der Waals surface area contributed by atoms with Crippen molar-refractivity contribution in [3.05, 3.63) is 35.9 Å². The Morgan fingerprint density at radius 1 is 1.18 bits per heavy atom. The van der Waals surface area contributed by atoms with Crippen LogP contribution in [-0.4, -0.2) is 17.9 Å². The molecular formula is C15H23NO. The van der Waals surface area contributed by atoms with E-state index < -0.39 is 0 Å². The first-order valence-electron chi connectivity index (χ1n) is 6.68. The second-order valence-corrected chi connectivity index (χ2v) is 4.94. The first-order valence-corrected chi connectivity index (χ1v) is 6.68. The second kappa shape index (κ2) is 5.19. The van der Waals surface area contributed by atoms with E-state index in [9.17, 15) is 0 Å². The molecule has 2 rings (SSSR count). The molecule has 94 valence electrons. The molecule has 1 aromatic rings. The Morgan fingerprint density at radius 3 is 2.41 bits per heavy atom. The van der Waals surface area contributed by atoms with Crippen molar-refractivity contribution >= 4 is 0 Å². The Morgan fingerprint density at radius 2 is 1.82 bits per heavy atom. The second-order valence-electron chi connectivity index (χ2n) is 4.94. The minimum Gasteiger partial charge on any atom is -0.356 e. The molecule has 1 aliphatic heterocycles.